The Morgan fingerprint density at radius 2 is 1.71 bits per heavy atom. The number of para-hydroxylation sites is 1. The molecule has 3 aromatic rings. The van der Waals surface area contributed by atoms with E-state index in [9.17, 15) is 0 Å². The molecular formula is C19H19Cl2NOS. The summed E-state index contributed by atoms with van der Waals surface area (Å²) in [5.41, 5.74) is 2.27. The number of nitrogens with one attached hydrogen (secondary N) is 1. The van der Waals surface area contributed by atoms with Gasteiger partial charge < -0.3 is 10.1 Å². The Morgan fingerprint density at radius 1 is 0.917 bits per heavy atom. The van der Waals surface area contributed by atoms with E-state index in [0.717, 1.165) is 35.0 Å². The smallest absolute Gasteiger partial charge is 0.124 e. The summed E-state index contributed by atoms with van der Waals surface area (Å²) in [6, 6.07) is 20.1. The summed E-state index contributed by atoms with van der Waals surface area (Å²) in [7, 11) is 0. The highest BCUT2D eigenvalue weighted by Gasteiger charge is 2.04. The third-order valence-electron chi connectivity index (χ3n) is 3.47. The van der Waals surface area contributed by atoms with Crippen LogP contribution in [0.25, 0.3) is 0 Å². The summed E-state index contributed by atoms with van der Waals surface area (Å²) < 4.78 is 5.97. The molecule has 2 aromatic carbocycles. The summed E-state index contributed by atoms with van der Waals surface area (Å²) in [5.74, 6) is 0.918. The summed E-state index contributed by atoms with van der Waals surface area (Å²) in [5, 5.41) is 6.30. The lowest BCUT2D eigenvalue weighted by atomic mass is 10.2. The third-order valence-corrected chi connectivity index (χ3v) is 4.60. The Labute approximate surface area is 157 Å². The van der Waals surface area contributed by atoms with E-state index in [1.54, 1.807) is 11.3 Å². The fraction of sp³-hybridized carbons (Fsp3) is 0.158. The predicted molar refractivity (Wildman–Crippen MR) is 104 cm³/mol. The number of ether oxygens (including phenoxy) is 1. The van der Waals surface area contributed by atoms with Crippen molar-refractivity contribution in [3.05, 3.63) is 87.1 Å². The van der Waals surface area contributed by atoms with Gasteiger partial charge in [0.05, 0.1) is 0 Å². The summed E-state index contributed by atoms with van der Waals surface area (Å²) in [6.45, 7) is 2.21. The van der Waals surface area contributed by atoms with Gasteiger partial charge in [0.15, 0.2) is 0 Å². The maximum Gasteiger partial charge on any atom is 0.124 e. The number of hydrogen-bond acceptors (Lipinski definition) is 3. The molecule has 2 nitrogen and oxygen atoms in total. The summed E-state index contributed by atoms with van der Waals surface area (Å²) in [6.07, 6.45) is 0. The van der Waals surface area contributed by atoms with Crippen molar-refractivity contribution >= 4 is 35.3 Å². The van der Waals surface area contributed by atoms with Crippen LogP contribution in [-0.4, -0.2) is 0 Å². The van der Waals surface area contributed by atoms with Crippen LogP contribution in [0.5, 0.6) is 5.75 Å². The van der Waals surface area contributed by atoms with Gasteiger partial charge in [0.1, 0.15) is 12.4 Å². The van der Waals surface area contributed by atoms with Gasteiger partial charge in [0.2, 0.25) is 0 Å². The van der Waals surface area contributed by atoms with Crippen molar-refractivity contribution in [3.63, 3.8) is 0 Å². The van der Waals surface area contributed by atoms with Crippen molar-refractivity contribution in [2.45, 2.75) is 19.7 Å². The van der Waals surface area contributed by atoms with Crippen molar-refractivity contribution in [1.82, 2.24) is 5.32 Å². The number of thiophene rings is 1. The van der Waals surface area contributed by atoms with Gasteiger partial charge in [-0.25, -0.2) is 0 Å². The summed E-state index contributed by atoms with van der Waals surface area (Å²) in [4.78, 5) is 1.34. The molecule has 24 heavy (non-hydrogen) atoms. The fourth-order valence-electron chi connectivity index (χ4n) is 2.27. The highest BCUT2D eigenvalue weighted by Crippen LogP contribution is 2.20. The average molecular weight is 380 g/mol. The first-order valence-electron chi connectivity index (χ1n) is 7.49. The molecule has 0 aliphatic rings. The molecule has 0 amide bonds. The van der Waals surface area contributed by atoms with Gasteiger partial charge in [0.25, 0.3) is 0 Å². The Hall–Kier alpha value is -1.52. The minimum absolute atomic E-state index is 0. The normalized spacial score (nSPS) is 10.2. The lowest BCUT2D eigenvalue weighted by Crippen LogP contribution is -2.12. The molecule has 0 atom stereocenters. The molecule has 0 bridgehead atoms. The zero-order valence-electron chi connectivity index (χ0n) is 13.1. The second-order valence-corrected chi connectivity index (χ2v) is 6.67. The van der Waals surface area contributed by atoms with Crippen molar-refractivity contribution in [3.8, 4) is 5.75 Å². The highest BCUT2D eigenvalue weighted by molar-refractivity contribution is 7.09. The number of halogens is 2. The summed E-state index contributed by atoms with van der Waals surface area (Å²) >= 11 is 7.67. The topological polar surface area (TPSA) is 21.3 Å². The Balaban J connectivity index is 0.00000208. The molecule has 1 aromatic heterocycles. The fourth-order valence-corrected chi connectivity index (χ4v) is 3.07. The molecule has 0 saturated carbocycles. The highest BCUT2D eigenvalue weighted by atomic mass is 35.5. The minimum atomic E-state index is 0. The number of rotatable bonds is 7. The van der Waals surface area contributed by atoms with Crippen LogP contribution in [-0.2, 0) is 19.7 Å². The van der Waals surface area contributed by atoms with Gasteiger partial charge in [0, 0.05) is 28.6 Å². The van der Waals surface area contributed by atoms with Gasteiger partial charge in [-0.3, -0.25) is 0 Å². The lowest BCUT2D eigenvalue weighted by Gasteiger charge is -2.12. The molecule has 1 N–H and O–H groups in total. The van der Waals surface area contributed by atoms with Crippen LogP contribution in [0.2, 0.25) is 5.02 Å². The van der Waals surface area contributed by atoms with Crippen LogP contribution in [0.15, 0.2) is 66.0 Å². The molecule has 5 heteroatoms. The molecule has 1 heterocycles. The van der Waals surface area contributed by atoms with Crippen molar-refractivity contribution in [2.24, 2.45) is 0 Å². The van der Waals surface area contributed by atoms with Crippen LogP contribution in [0.3, 0.4) is 0 Å². The van der Waals surface area contributed by atoms with Crippen LogP contribution < -0.4 is 10.1 Å². The maximum absolute atomic E-state index is 5.97. The van der Waals surface area contributed by atoms with E-state index < -0.39 is 0 Å². The molecule has 0 fully saturated rings. The second-order valence-electron chi connectivity index (χ2n) is 5.21. The van der Waals surface area contributed by atoms with E-state index in [0.29, 0.717) is 6.61 Å². The predicted octanol–water partition coefficient (Wildman–Crippen LogP) is 5.69. The van der Waals surface area contributed by atoms with Gasteiger partial charge >= 0.3 is 0 Å². The molecule has 3 rings (SSSR count). The van der Waals surface area contributed by atoms with Gasteiger partial charge in [-0.1, -0.05) is 48.0 Å². The molecule has 126 valence electrons. The maximum atomic E-state index is 5.97. The zero-order chi connectivity index (χ0) is 15.9. The standard InChI is InChI=1S/C19H18ClNOS.ClH/c20-17-9-7-15(8-10-17)14-22-19-6-2-1-4-16(19)12-21-13-18-5-3-11-23-18;/h1-11,21H,12-14H2;1H. The molecule has 0 saturated heterocycles. The first-order chi connectivity index (χ1) is 11.3. The molecular weight excluding hydrogens is 361 g/mol. The quantitative estimate of drug-likeness (QED) is 0.568. The largest absolute Gasteiger partial charge is 0.489 e. The molecule has 0 spiro atoms. The minimum Gasteiger partial charge on any atom is -0.489 e. The van der Waals surface area contributed by atoms with Crippen molar-refractivity contribution in [2.75, 3.05) is 0 Å². The van der Waals surface area contributed by atoms with E-state index >= 15 is 0 Å². The average Bonchev–Trinajstić information content (AvgIpc) is 3.09. The van der Waals surface area contributed by atoms with E-state index in [1.165, 1.54) is 4.88 Å². The third kappa shape index (κ3) is 5.53. The van der Waals surface area contributed by atoms with Crippen LogP contribution in [0.4, 0.5) is 0 Å². The SMILES string of the molecule is Cl.Clc1ccc(COc2ccccc2CNCc2cccs2)cc1. The van der Waals surface area contributed by atoms with Gasteiger partial charge in [-0.2, -0.15) is 0 Å². The van der Waals surface area contributed by atoms with E-state index in [4.69, 9.17) is 16.3 Å². The van der Waals surface area contributed by atoms with Crippen molar-refractivity contribution < 1.29 is 4.74 Å². The first kappa shape index (κ1) is 18.8. The van der Waals surface area contributed by atoms with E-state index in [2.05, 4.69) is 28.9 Å². The van der Waals surface area contributed by atoms with Gasteiger partial charge in [-0.15, -0.1) is 23.7 Å². The Morgan fingerprint density at radius 3 is 2.46 bits per heavy atom. The first-order valence-corrected chi connectivity index (χ1v) is 8.75. The molecule has 0 radical (unpaired) electrons. The number of benzene rings is 2. The van der Waals surface area contributed by atoms with E-state index in [-0.39, 0.29) is 12.4 Å². The van der Waals surface area contributed by atoms with Crippen LogP contribution in [0.1, 0.15) is 16.0 Å². The Bertz CT molecular complexity index is 729. The zero-order valence-corrected chi connectivity index (χ0v) is 15.5. The van der Waals surface area contributed by atoms with Crippen LogP contribution >= 0.6 is 35.3 Å². The Kier molecular flexibility index (Phi) is 7.60. The van der Waals surface area contributed by atoms with Gasteiger partial charge in [-0.05, 0) is 35.2 Å². The van der Waals surface area contributed by atoms with Crippen LogP contribution in [0, 0.1) is 0 Å². The van der Waals surface area contributed by atoms with Crippen molar-refractivity contribution in [1.29, 1.82) is 0 Å². The molecule has 0 aliphatic carbocycles. The molecule has 0 unspecified atom stereocenters. The lowest BCUT2D eigenvalue weighted by molar-refractivity contribution is 0.302. The monoisotopic (exact) mass is 379 g/mol. The molecule has 0 aliphatic heterocycles. The van der Waals surface area contributed by atoms with E-state index in [1.807, 2.05) is 42.5 Å². The number of hydrogen-bond donors (Lipinski definition) is 1. The second kappa shape index (κ2) is 9.70.